The van der Waals surface area contributed by atoms with Gasteiger partial charge in [-0.2, -0.15) is 0 Å². The minimum absolute atomic E-state index is 0. The van der Waals surface area contributed by atoms with E-state index in [1.54, 1.807) is 11.1 Å². The maximum absolute atomic E-state index is 3.43. The van der Waals surface area contributed by atoms with E-state index in [0.29, 0.717) is 0 Å². The number of hydrogen-bond donors (Lipinski definition) is 1. The van der Waals surface area contributed by atoms with Crippen molar-refractivity contribution in [3.63, 3.8) is 0 Å². The summed E-state index contributed by atoms with van der Waals surface area (Å²) in [5, 5.41) is 3.43. The molecule has 11 heavy (non-hydrogen) atoms. The van der Waals surface area contributed by atoms with Gasteiger partial charge in [-0.1, -0.05) is 11.1 Å². The molecule has 64 valence electrons. The van der Waals surface area contributed by atoms with Crippen molar-refractivity contribution < 1.29 is 5.48 Å². The van der Waals surface area contributed by atoms with Crippen molar-refractivity contribution in [2.24, 2.45) is 0 Å². The predicted octanol–water partition coefficient (Wildman–Crippen LogP) is 1.03. The first-order chi connectivity index (χ1) is 4.97. The van der Waals surface area contributed by atoms with Crippen molar-refractivity contribution >= 4 is 0 Å². The van der Waals surface area contributed by atoms with E-state index < -0.39 is 0 Å². The average molecular weight is 155 g/mol. The van der Waals surface area contributed by atoms with Crippen LogP contribution in [0.25, 0.3) is 0 Å². The Labute approximate surface area is 68.0 Å². The number of nitrogens with one attached hydrogen (secondary N) is 1. The molecule has 0 saturated carbocycles. The Bertz CT molecular complexity index is 129. The molecule has 1 heterocycles. The Morgan fingerprint density at radius 2 is 1.64 bits per heavy atom. The highest BCUT2D eigenvalue weighted by atomic mass is 16.0. The smallest absolute Gasteiger partial charge is 0.0167 e. The molecule has 1 aliphatic heterocycles. The van der Waals surface area contributed by atoms with Gasteiger partial charge in [0.25, 0.3) is 0 Å². The quantitative estimate of drug-likeness (QED) is 0.521. The van der Waals surface area contributed by atoms with Crippen molar-refractivity contribution in [2.45, 2.75) is 32.1 Å². The molecule has 2 rings (SSSR count). The molecule has 0 saturated heterocycles. The highest BCUT2D eigenvalue weighted by Gasteiger charge is 2.14. The van der Waals surface area contributed by atoms with E-state index in [0.717, 1.165) is 0 Å². The molecule has 0 aromatic heterocycles. The van der Waals surface area contributed by atoms with Crippen LogP contribution in [0.4, 0.5) is 0 Å². The Morgan fingerprint density at radius 1 is 0.909 bits per heavy atom. The third-order valence-corrected chi connectivity index (χ3v) is 2.65. The highest BCUT2D eigenvalue weighted by Crippen LogP contribution is 2.27. The summed E-state index contributed by atoms with van der Waals surface area (Å²) in [5.41, 5.74) is 3.52. The second-order valence-electron chi connectivity index (χ2n) is 3.34. The topological polar surface area (TPSA) is 43.5 Å². The first-order valence-electron chi connectivity index (χ1n) is 4.37. The zero-order valence-electron chi connectivity index (χ0n) is 6.95. The lowest BCUT2D eigenvalue weighted by molar-refractivity contribution is 0.566. The Morgan fingerprint density at radius 3 is 2.36 bits per heavy atom. The summed E-state index contributed by atoms with van der Waals surface area (Å²) in [6.07, 6.45) is 6.98. The van der Waals surface area contributed by atoms with Gasteiger partial charge in [0.05, 0.1) is 0 Å². The maximum atomic E-state index is 3.43. The van der Waals surface area contributed by atoms with E-state index in [-0.39, 0.29) is 5.48 Å². The van der Waals surface area contributed by atoms with E-state index in [4.69, 9.17) is 0 Å². The fourth-order valence-electron chi connectivity index (χ4n) is 2.02. The van der Waals surface area contributed by atoms with Gasteiger partial charge >= 0.3 is 0 Å². The normalized spacial score (nSPS) is 24.0. The molecule has 0 atom stereocenters. The Kier molecular flexibility index (Phi) is 3.09. The lowest BCUT2D eigenvalue weighted by atomic mass is 9.88. The fraction of sp³-hybridized carbons (Fsp3) is 0.778. The summed E-state index contributed by atoms with van der Waals surface area (Å²) in [5.74, 6) is 0. The van der Waals surface area contributed by atoms with Gasteiger partial charge in [-0.25, -0.2) is 0 Å². The van der Waals surface area contributed by atoms with E-state index in [9.17, 15) is 0 Å². The van der Waals surface area contributed by atoms with Gasteiger partial charge in [0.15, 0.2) is 0 Å². The Balaban J connectivity index is 0.000000605. The van der Waals surface area contributed by atoms with E-state index in [1.807, 2.05) is 0 Å². The second kappa shape index (κ2) is 3.88. The van der Waals surface area contributed by atoms with E-state index >= 15 is 0 Å². The lowest BCUT2D eigenvalue weighted by Crippen LogP contribution is -2.26. The summed E-state index contributed by atoms with van der Waals surface area (Å²) >= 11 is 0. The zero-order valence-corrected chi connectivity index (χ0v) is 6.95. The van der Waals surface area contributed by atoms with E-state index in [2.05, 4.69) is 5.32 Å². The molecule has 1 aliphatic carbocycles. The first kappa shape index (κ1) is 8.75. The van der Waals surface area contributed by atoms with Crippen molar-refractivity contribution in [1.29, 1.82) is 0 Å². The zero-order chi connectivity index (χ0) is 6.81. The summed E-state index contributed by atoms with van der Waals surface area (Å²) in [6, 6.07) is 0. The molecule has 0 fully saturated rings. The van der Waals surface area contributed by atoms with Crippen molar-refractivity contribution in [1.82, 2.24) is 5.32 Å². The lowest BCUT2D eigenvalue weighted by Gasteiger charge is -2.25. The van der Waals surface area contributed by atoms with Gasteiger partial charge < -0.3 is 10.8 Å². The third kappa shape index (κ3) is 1.82. The molecule has 0 unspecified atom stereocenters. The number of rotatable bonds is 0. The van der Waals surface area contributed by atoms with Gasteiger partial charge in [-0.05, 0) is 38.6 Å². The molecule has 2 nitrogen and oxygen atoms in total. The predicted molar refractivity (Wildman–Crippen MR) is 46.6 cm³/mol. The van der Waals surface area contributed by atoms with Crippen LogP contribution < -0.4 is 5.32 Å². The van der Waals surface area contributed by atoms with Crippen LogP contribution in [0.2, 0.25) is 0 Å². The van der Waals surface area contributed by atoms with Crippen LogP contribution in [0, 0.1) is 0 Å². The molecule has 0 amide bonds. The minimum Gasteiger partial charge on any atom is -0.412 e. The van der Waals surface area contributed by atoms with Crippen LogP contribution >= 0.6 is 0 Å². The minimum atomic E-state index is 0. The van der Waals surface area contributed by atoms with Crippen LogP contribution in [0.15, 0.2) is 11.1 Å². The third-order valence-electron chi connectivity index (χ3n) is 2.65. The van der Waals surface area contributed by atoms with E-state index in [1.165, 1.54) is 45.2 Å². The van der Waals surface area contributed by atoms with Gasteiger partial charge in [0, 0.05) is 6.54 Å². The van der Waals surface area contributed by atoms with Gasteiger partial charge in [-0.3, -0.25) is 0 Å². The van der Waals surface area contributed by atoms with Crippen molar-refractivity contribution in [2.75, 3.05) is 13.1 Å². The summed E-state index contributed by atoms with van der Waals surface area (Å²) < 4.78 is 0. The molecular weight excluding hydrogens is 138 g/mol. The second-order valence-corrected chi connectivity index (χ2v) is 3.34. The Hall–Kier alpha value is -0.340. The van der Waals surface area contributed by atoms with Crippen LogP contribution in [-0.4, -0.2) is 18.6 Å². The molecule has 0 aromatic rings. The standard InChI is InChI=1S/C9H15N.H2O/c1-2-4-9-7-10-6-5-8(9)3-1;/h10H,1-7H2;1H2. The molecule has 0 spiro atoms. The summed E-state index contributed by atoms with van der Waals surface area (Å²) in [4.78, 5) is 0. The van der Waals surface area contributed by atoms with Gasteiger partial charge in [0.2, 0.25) is 0 Å². The first-order valence-corrected chi connectivity index (χ1v) is 4.37. The molecule has 2 heteroatoms. The monoisotopic (exact) mass is 155 g/mol. The molecule has 0 bridgehead atoms. The number of hydrogen-bond acceptors (Lipinski definition) is 1. The van der Waals surface area contributed by atoms with Crippen LogP contribution in [0.3, 0.4) is 0 Å². The van der Waals surface area contributed by atoms with Crippen molar-refractivity contribution in [3.05, 3.63) is 11.1 Å². The molecule has 2 aliphatic rings. The summed E-state index contributed by atoms with van der Waals surface area (Å²) in [7, 11) is 0. The highest BCUT2D eigenvalue weighted by molar-refractivity contribution is 5.20. The van der Waals surface area contributed by atoms with Gasteiger partial charge in [-0.15, -0.1) is 0 Å². The molecule has 0 radical (unpaired) electrons. The van der Waals surface area contributed by atoms with Crippen LogP contribution in [0.5, 0.6) is 0 Å². The molecule has 3 N–H and O–H groups in total. The van der Waals surface area contributed by atoms with Crippen LogP contribution in [-0.2, 0) is 0 Å². The molecular formula is C9H17NO. The average Bonchev–Trinajstić information content (AvgIpc) is 2.05. The largest absolute Gasteiger partial charge is 0.412 e. The molecule has 0 aromatic carbocycles. The van der Waals surface area contributed by atoms with Crippen molar-refractivity contribution in [3.8, 4) is 0 Å². The SMILES string of the molecule is C1CCC2=C(C1)CCNC2.O. The fourth-order valence-corrected chi connectivity index (χ4v) is 2.02. The maximum Gasteiger partial charge on any atom is 0.0167 e. The van der Waals surface area contributed by atoms with Gasteiger partial charge in [0.1, 0.15) is 0 Å². The summed E-state index contributed by atoms with van der Waals surface area (Å²) in [6.45, 7) is 2.41. The van der Waals surface area contributed by atoms with Crippen LogP contribution in [0.1, 0.15) is 32.1 Å².